The lowest BCUT2D eigenvalue weighted by molar-refractivity contribution is -0.139. The molecule has 0 saturated carbocycles. The number of methoxy groups -OCH3 is 1. The number of ether oxygens (including phenoxy) is 1. The molecule has 1 aromatic carbocycles. The minimum atomic E-state index is -1.20. The normalized spacial score (nSPS) is 14.2. The van der Waals surface area contributed by atoms with Crippen LogP contribution in [0.4, 0.5) is 0 Å². The lowest BCUT2D eigenvalue weighted by Gasteiger charge is -2.19. The second-order valence-corrected chi connectivity index (χ2v) is 3.71. The standard InChI is InChI=1S/C10H13ClN2O3/c1-16-7-3-2-5(11)4-6(7)8(12)9(13)10(14)15/h2-4,8-9H,12-13H2,1H3,(H,14,15). The van der Waals surface area contributed by atoms with E-state index in [1.807, 2.05) is 0 Å². The van der Waals surface area contributed by atoms with Gasteiger partial charge < -0.3 is 21.3 Å². The molecule has 1 rings (SSSR count). The van der Waals surface area contributed by atoms with Crippen LogP contribution in [0.25, 0.3) is 0 Å². The van der Waals surface area contributed by atoms with E-state index < -0.39 is 18.1 Å². The lowest BCUT2D eigenvalue weighted by Crippen LogP contribution is -2.40. The van der Waals surface area contributed by atoms with Crippen molar-refractivity contribution in [1.29, 1.82) is 0 Å². The first kappa shape index (κ1) is 12.8. The van der Waals surface area contributed by atoms with Crippen LogP contribution >= 0.6 is 11.6 Å². The van der Waals surface area contributed by atoms with Gasteiger partial charge in [0.25, 0.3) is 0 Å². The van der Waals surface area contributed by atoms with Gasteiger partial charge >= 0.3 is 5.97 Å². The molecule has 0 radical (unpaired) electrons. The predicted molar refractivity (Wildman–Crippen MR) is 60.5 cm³/mol. The molecule has 5 nitrogen and oxygen atoms in total. The number of rotatable bonds is 4. The van der Waals surface area contributed by atoms with Gasteiger partial charge in [-0.3, -0.25) is 4.79 Å². The zero-order valence-electron chi connectivity index (χ0n) is 8.68. The Balaban J connectivity index is 3.10. The highest BCUT2D eigenvalue weighted by atomic mass is 35.5. The number of carboxylic acid groups (broad SMARTS) is 1. The summed E-state index contributed by atoms with van der Waals surface area (Å²) in [6.07, 6.45) is 0. The van der Waals surface area contributed by atoms with Crippen molar-refractivity contribution in [3.8, 4) is 5.75 Å². The van der Waals surface area contributed by atoms with E-state index in [2.05, 4.69) is 0 Å². The Kier molecular flexibility index (Phi) is 4.12. The number of benzene rings is 1. The Labute approximate surface area is 97.9 Å². The van der Waals surface area contributed by atoms with Gasteiger partial charge in [-0.25, -0.2) is 0 Å². The van der Waals surface area contributed by atoms with Crippen LogP contribution in [0.15, 0.2) is 18.2 Å². The van der Waals surface area contributed by atoms with Gasteiger partial charge in [-0.15, -0.1) is 0 Å². The molecule has 0 bridgehead atoms. The number of nitrogens with two attached hydrogens (primary N) is 2. The summed E-state index contributed by atoms with van der Waals surface area (Å²) in [5, 5.41) is 9.22. The molecule has 6 heteroatoms. The van der Waals surface area contributed by atoms with Crippen LogP contribution in [0.3, 0.4) is 0 Å². The summed E-state index contributed by atoms with van der Waals surface area (Å²) in [6, 6.07) is 2.72. The molecule has 2 unspecified atom stereocenters. The first-order chi connectivity index (χ1) is 7.47. The fraction of sp³-hybridized carbons (Fsp3) is 0.300. The number of halogens is 1. The van der Waals surface area contributed by atoms with Crippen LogP contribution in [-0.2, 0) is 4.79 Å². The molecule has 0 aliphatic heterocycles. The van der Waals surface area contributed by atoms with E-state index in [1.165, 1.54) is 7.11 Å². The third kappa shape index (κ3) is 2.63. The molecular weight excluding hydrogens is 232 g/mol. The molecule has 0 spiro atoms. The number of hydrogen-bond acceptors (Lipinski definition) is 4. The zero-order valence-corrected chi connectivity index (χ0v) is 9.44. The number of aliphatic carboxylic acids is 1. The molecule has 1 aromatic rings. The van der Waals surface area contributed by atoms with Crippen molar-refractivity contribution in [2.45, 2.75) is 12.1 Å². The van der Waals surface area contributed by atoms with E-state index in [0.717, 1.165) is 0 Å². The quantitative estimate of drug-likeness (QED) is 0.726. The Morgan fingerprint density at radius 1 is 1.50 bits per heavy atom. The van der Waals surface area contributed by atoms with Crippen LogP contribution in [0.1, 0.15) is 11.6 Å². The highest BCUT2D eigenvalue weighted by Crippen LogP contribution is 2.28. The third-order valence-corrected chi connectivity index (χ3v) is 2.46. The Bertz CT molecular complexity index is 398. The largest absolute Gasteiger partial charge is 0.496 e. The second-order valence-electron chi connectivity index (χ2n) is 3.28. The van der Waals surface area contributed by atoms with E-state index in [-0.39, 0.29) is 0 Å². The maximum absolute atomic E-state index is 10.7. The molecule has 0 saturated heterocycles. The predicted octanol–water partition coefficient (Wildman–Crippen LogP) is 0.760. The maximum atomic E-state index is 10.7. The van der Waals surface area contributed by atoms with E-state index in [4.69, 9.17) is 32.9 Å². The van der Waals surface area contributed by atoms with Crippen molar-refractivity contribution >= 4 is 17.6 Å². The Morgan fingerprint density at radius 2 is 2.12 bits per heavy atom. The summed E-state index contributed by atoms with van der Waals surface area (Å²) >= 11 is 5.80. The fourth-order valence-corrected chi connectivity index (χ4v) is 1.49. The molecule has 88 valence electrons. The van der Waals surface area contributed by atoms with E-state index in [0.29, 0.717) is 16.3 Å². The minimum absolute atomic E-state index is 0.448. The molecule has 0 aliphatic carbocycles. The average molecular weight is 245 g/mol. The monoisotopic (exact) mass is 244 g/mol. The van der Waals surface area contributed by atoms with Crippen LogP contribution in [0.5, 0.6) is 5.75 Å². The third-order valence-electron chi connectivity index (χ3n) is 2.22. The first-order valence-corrected chi connectivity index (χ1v) is 4.92. The molecule has 0 aliphatic rings. The number of carbonyl (C=O) groups is 1. The Morgan fingerprint density at radius 3 is 2.62 bits per heavy atom. The summed E-state index contributed by atoms with van der Waals surface area (Å²) in [6.45, 7) is 0. The maximum Gasteiger partial charge on any atom is 0.322 e. The van der Waals surface area contributed by atoms with Crippen molar-refractivity contribution in [3.05, 3.63) is 28.8 Å². The molecule has 0 fully saturated rings. The van der Waals surface area contributed by atoms with Gasteiger partial charge in [0.15, 0.2) is 0 Å². The van der Waals surface area contributed by atoms with Gasteiger partial charge in [-0.2, -0.15) is 0 Å². The van der Waals surface area contributed by atoms with Crippen molar-refractivity contribution in [2.75, 3.05) is 7.11 Å². The molecule has 0 aromatic heterocycles. The summed E-state index contributed by atoms with van der Waals surface area (Å²) in [5.74, 6) is -0.705. The van der Waals surface area contributed by atoms with Crippen molar-refractivity contribution < 1.29 is 14.6 Å². The first-order valence-electron chi connectivity index (χ1n) is 4.54. The summed E-state index contributed by atoms with van der Waals surface area (Å²) in [7, 11) is 1.46. The van der Waals surface area contributed by atoms with Crippen LogP contribution < -0.4 is 16.2 Å². The summed E-state index contributed by atoms with van der Waals surface area (Å²) in [5.41, 5.74) is 11.7. The average Bonchev–Trinajstić information content (AvgIpc) is 2.26. The van der Waals surface area contributed by atoms with Gasteiger partial charge in [0.2, 0.25) is 0 Å². The van der Waals surface area contributed by atoms with E-state index in [1.54, 1.807) is 18.2 Å². The van der Waals surface area contributed by atoms with Crippen LogP contribution in [0.2, 0.25) is 5.02 Å². The molecule has 5 N–H and O–H groups in total. The second kappa shape index (κ2) is 5.16. The molecule has 16 heavy (non-hydrogen) atoms. The van der Waals surface area contributed by atoms with Gasteiger partial charge in [0.1, 0.15) is 11.8 Å². The van der Waals surface area contributed by atoms with Crippen molar-refractivity contribution in [2.24, 2.45) is 11.5 Å². The summed E-state index contributed by atoms with van der Waals surface area (Å²) < 4.78 is 5.06. The molecular formula is C10H13ClN2O3. The van der Waals surface area contributed by atoms with Gasteiger partial charge in [0, 0.05) is 10.6 Å². The van der Waals surface area contributed by atoms with Crippen LogP contribution in [0, 0.1) is 0 Å². The van der Waals surface area contributed by atoms with Crippen LogP contribution in [-0.4, -0.2) is 24.2 Å². The number of hydrogen-bond donors (Lipinski definition) is 3. The molecule has 0 heterocycles. The summed E-state index contributed by atoms with van der Waals surface area (Å²) in [4.78, 5) is 10.7. The topological polar surface area (TPSA) is 98.6 Å². The number of carboxylic acids is 1. The zero-order chi connectivity index (χ0) is 12.3. The molecule has 0 amide bonds. The lowest BCUT2D eigenvalue weighted by atomic mass is 10.00. The smallest absolute Gasteiger partial charge is 0.322 e. The Hall–Kier alpha value is -1.30. The fourth-order valence-electron chi connectivity index (χ4n) is 1.31. The SMILES string of the molecule is COc1ccc(Cl)cc1C(N)C(N)C(=O)O. The highest BCUT2D eigenvalue weighted by Gasteiger charge is 2.24. The van der Waals surface area contributed by atoms with E-state index in [9.17, 15) is 4.79 Å². The van der Waals surface area contributed by atoms with Crippen molar-refractivity contribution in [3.63, 3.8) is 0 Å². The highest BCUT2D eigenvalue weighted by molar-refractivity contribution is 6.30. The van der Waals surface area contributed by atoms with E-state index >= 15 is 0 Å². The van der Waals surface area contributed by atoms with Gasteiger partial charge in [0.05, 0.1) is 13.2 Å². The minimum Gasteiger partial charge on any atom is -0.496 e. The van der Waals surface area contributed by atoms with Gasteiger partial charge in [-0.05, 0) is 18.2 Å². The van der Waals surface area contributed by atoms with Gasteiger partial charge in [-0.1, -0.05) is 11.6 Å². The molecule has 2 atom stereocenters. The van der Waals surface area contributed by atoms with Crippen molar-refractivity contribution in [1.82, 2.24) is 0 Å².